The molecular weight excluding hydrogens is 426 g/mol. The molecular formula is C21H24ClN3O4S. The van der Waals surface area contributed by atoms with Gasteiger partial charge in [0.05, 0.1) is 10.6 Å². The zero-order chi connectivity index (χ0) is 21.9. The van der Waals surface area contributed by atoms with Crippen molar-refractivity contribution >= 4 is 39.6 Å². The van der Waals surface area contributed by atoms with Crippen molar-refractivity contribution in [3.8, 4) is 0 Å². The van der Waals surface area contributed by atoms with Gasteiger partial charge in [0.2, 0.25) is 12.3 Å². The van der Waals surface area contributed by atoms with Gasteiger partial charge in [-0.05, 0) is 49.7 Å². The Kier molecular flexibility index (Phi) is 6.67. The van der Waals surface area contributed by atoms with E-state index in [0.29, 0.717) is 42.5 Å². The minimum Gasteiger partial charge on any atom is -0.342 e. The first-order chi connectivity index (χ1) is 14.2. The van der Waals surface area contributed by atoms with Gasteiger partial charge >= 0.3 is 0 Å². The lowest BCUT2D eigenvalue weighted by molar-refractivity contribution is -0.133. The van der Waals surface area contributed by atoms with Crippen LogP contribution in [0, 0.1) is 13.8 Å². The van der Waals surface area contributed by atoms with Crippen molar-refractivity contribution in [2.75, 3.05) is 37.0 Å². The van der Waals surface area contributed by atoms with Crippen molar-refractivity contribution in [3.05, 3.63) is 58.6 Å². The minimum atomic E-state index is -3.98. The van der Waals surface area contributed by atoms with Gasteiger partial charge in [0.15, 0.2) is 0 Å². The number of halogens is 1. The Morgan fingerprint density at radius 3 is 2.27 bits per heavy atom. The highest BCUT2D eigenvalue weighted by molar-refractivity contribution is 7.92. The van der Waals surface area contributed by atoms with Crippen molar-refractivity contribution in [2.24, 2.45) is 0 Å². The first-order valence-electron chi connectivity index (χ1n) is 9.55. The van der Waals surface area contributed by atoms with Crippen LogP contribution in [0.3, 0.4) is 0 Å². The lowest BCUT2D eigenvalue weighted by Crippen LogP contribution is -2.51. The molecule has 0 radical (unpaired) electrons. The highest BCUT2D eigenvalue weighted by atomic mass is 35.5. The number of hydrogen-bond donors (Lipinski definition) is 0. The van der Waals surface area contributed by atoms with E-state index in [9.17, 15) is 18.0 Å². The van der Waals surface area contributed by atoms with E-state index in [1.165, 1.54) is 12.1 Å². The largest absolute Gasteiger partial charge is 0.342 e. The Hall–Kier alpha value is -2.58. The second-order valence-corrected chi connectivity index (χ2v) is 9.58. The van der Waals surface area contributed by atoms with Crippen LogP contribution < -0.4 is 4.31 Å². The molecule has 0 atom stereocenters. The molecule has 0 unspecified atom stereocenters. The predicted octanol–water partition coefficient (Wildman–Crippen LogP) is 2.45. The first-order valence-corrected chi connectivity index (χ1v) is 11.4. The molecule has 1 aliphatic heterocycles. The summed E-state index contributed by atoms with van der Waals surface area (Å²) in [6.07, 6.45) is 0.757. The quantitative estimate of drug-likeness (QED) is 0.634. The van der Waals surface area contributed by atoms with Crippen LogP contribution in [0.1, 0.15) is 11.1 Å². The molecule has 0 bridgehead atoms. The molecule has 2 aromatic carbocycles. The Morgan fingerprint density at radius 2 is 1.70 bits per heavy atom. The van der Waals surface area contributed by atoms with Gasteiger partial charge in [-0.15, -0.1) is 0 Å². The SMILES string of the molecule is Cc1ccc(S(=O)(=O)N(CC(=O)N2CCN(C=O)CC2)c2ccc(Cl)cc2C)cc1. The fraction of sp³-hybridized carbons (Fsp3) is 0.333. The molecule has 0 spiro atoms. The Balaban J connectivity index is 1.95. The highest BCUT2D eigenvalue weighted by Gasteiger charge is 2.31. The fourth-order valence-electron chi connectivity index (χ4n) is 3.34. The highest BCUT2D eigenvalue weighted by Crippen LogP contribution is 2.29. The maximum atomic E-state index is 13.5. The normalized spacial score (nSPS) is 14.5. The van der Waals surface area contributed by atoms with Gasteiger partial charge < -0.3 is 9.80 Å². The lowest BCUT2D eigenvalue weighted by Gasteiger charge is -2.34. The van der Waals surface area contributed by atoms with Crippen LogP contribution in [0.15, 0.2) is 47.4 Å². The molecule has 30 heavy (non-hydrogen) atoms. The number of amides is 2. The molecule has 1 fully saturated rings. The zero-order valence-electron chi connectivity index (χ0n) is 16.9. The van der Waals surface area contributed by atoms with Crippen LogP contribution in [-0.2, 0) is 19.6 Å². The second-order valence-electron chi connectivity index (χ2n) is 7.28. The van der Waals surface area contributed by atoms with Crippen LogP contribution in [-0.4, -0.2) is 63.3 Å². The van der Waals surface area contributed by atoms with Crippen LogP contribution in [0.4, 0.5) is 5.69 Å². The molecule has 0 aromatic heterocycles. The number of anilines is 1. The molecule has 9 heteroatoms. The van der Waals surface area contributed by atoms with Crippen LogP contribution in [0.5, 0.6) is 0 Å². The number of piperazine rings is 1. The van der Waals surface area contributed by atoms with Gasteiger partial charge in [0.25, 0.3) is 10.0 Å². The van der Waals surface area contributed by atoms with Crippen molar-refractivity contribution < 1.29 is 18.0 Å². The van der Waals surface area contributed by atoms with E-state index in [1.807, 2.05) is 6.92 Å². The van der Waals surface area contributed by atoms with Crippen molar-refractivity contribution in [1.29, 1.82) is 0 Å². The predicted molar refractivity (Wildman–Crippen MR) is 116 cm³/mol. The Bertz CT molecular complexity index is 1030. The summed E-state index contributed by atoms with van der Waals surface area (Å²) in [5.74, 6) is -0.314. The Morgan fingerprint density at radius 1 is 1.07 bits per heavy atom. The first kappa shape index (κ1) is 22.1. The summed E-state index contributed by atoms with van der Waals surface area (Å²) in [4.78, 5) is 27.2. The van der Waals surface area contributed by atoms with Crippen molar-refractivity contribution in [1.82, 2.24) is 9.80 Å². The van der Waals surface area contributed by atoms with Gasteiger partial charge in [0, 0.05) is 31.2 Å². The molecule has 2 amide bonds. The molecule has 7 nitrogen and oxygen atoms in total. The number of nitrogens with zero attached hydrogens (tertiary/aromatic N) is 3. The van der Waals surface area contributed by atoms with Gasteiger partial charge in [-0.25, -0.2) is 8.42 Å². The molecule has 160 valence electrons. The molecule has 1 saturated heterocycles. The van der Waals surface area contributed by atoms with Gasteiger partial charge in [-0.1, -0.05) is 29.3 Å². The number of hydrogen-bond acceptors (Lipinski definition) is 4. The molecule has 3 rings (SSSR count). The summed E-state index contributed by atoms with van der Waals surface area (Å²) in [5, 5.41) is 0.486. The molecule has 1 aliphatic rings. The molecule has 2 aromatic rings. The summed E-state index contributed by atoms with van der Waals surface area (Å²) in [6, 6.07) is 11.4. The third-order valence-electron chi connectivity index (χ3n) is 5.13. The second kappa shape index (κ2) is 9.06. The maximum absolute atomic E-state index is 13.5. The van der Waals surface area contributed by atoms with Crippen molar-refractivity contribution in [3.63, 3.8) is 0 Å². The zero-order valence-corrected chi connectivity index (χ0v) is 18.5. The van der Waals surface area contributed by atoms with E-state index in [1.54, 1.807) is 47.1 Å². The van der Waals surface area contributed by atoms with Crippen LogP contribution in [0.2, 0.25) is 5.02 Å². The molecule has 0 saturated carbocycles. The summed E-state index contributed by atoms with van der Waals surface area (Å²) >= 11 is 6.05. The smallest absolute Gasteiger partial charge is 0.264 e. The number of carbonyl (C=O) groups is 2. The summed E-state index contributed by atoms with van der Waals surface area (Å²) < 4.78 is 28.1. The number of sulfonamides is 1. The number of benzene rings is 2. The summed E-state index contributed by atoms with van der Waals surface area (Å²) in [6.45, 7) is 4.90. The van der Waals surface area contributed by atoms with E-state index in [4.69, 9.17) is 11.6 Å². The van der Waals surface area contributed by atoms with E-state index >= 15 is 0 Å². The third kappa shape index (κ3) is 4.76. The minimum absolute atomic E-state index is 0.112. The van der Waals surface area contributed by atoms with Gasteiger partial charge in [-0.2, -0.15) is 0 Å². The van der Waals surface area contributed by atoms with Gasteiger partial charge in [0.1, 0.15) is 6.54 Å². The van der Waals surface area contributed by atoms with Gasteiger partial charge in [-0.3, -0.25) is 13.9 Å². The fourth-order valence-corrected chi connectivity index (χ4v) is 5.04. The van der Waals surface area contributed by atoms with E-state index in [2.05, 4.69) is 0 Å². The maximum Gasteiger partial charge on any atom is 0.264 e. The summed E-state index contributed by atoms with van der Waals surface area (Å²) in [5.41, 5.74) is 1.99. The van der Waals surface area contributed by atoms with E-state index < -0.39 is 10.0 Å². The standard InChI is InChI=1S/C21H24ClN3O4S/c1-16-3-6-19(7-4-16)30(28,29)25(20-8-5-18(22)13-17(20)2)14-21(27)24-11-9-23(15-26)10-12-24/h3-8,13,15H,9-12,14H2,1-2H3. The monoisotopic (exact) mass is 449 g/mol. The summed E-state index contributed by atoms with van der Waals surface area (Å²) in [7, 11) is -3.98. The molecule has 0 N–H and O–H groups in total. The third-order valence-corrected chi connectivity index (χ3v) is 7.14. The van der Waals surface area contributed by atoms with E-state index in [0.717, 1.165) is 16.3 Å². The van der Waals surface area contributed by atoms with E-state index in [-0.39, 0.29) is 17.3 Å². The van der Waals surface area contributed by atoms with Crippen LogP contribution >= 0.6 is 11.6 Å². The average molecular weight is 450 g/mol. The molecule has 0 aliphatic carbocycles. The Labute approximate surface area is 181 Å². The lowest BCUT2D eigenvalue weighted by atomic mass is 10.2. The number of aryl methyl sites for hydroxylation is 2. The molecule has 1 heterocycles. The van der Waals surface area contributed by atoms with Crippen LogP contribution in [0.25, 0.3) is 0 Å². The average Bonchev–Trinajstić information content (AvgIpc) is 2.72. The number of rotatable bonds is 6. The number of carbonyl (C=O) groups excluding carboxylic acids is 2. The van der Waals surface area contributed by atoms with Crippen molar-refractivity contribution in [2.45, 2.75) is 18.7 Å². The topological polar surface area (TPSA) is 78.0 Å².